The Hall–Kier alpha value is -2.61. The SMILES string of the molecule is Cc1ccc(C)c(NC(c2ccccc2)c2ccccn2)c1. The lowest BCUT2D eigenvalue weighted by Gasteiger charge is -2.21. The largest absolute Gasteiger partial charge is 0.373 e. The van der Waals surface area contributed by atoms with E-state index in [2.05, 4.69) is 72.7 Å². The lowest BCUT2D eigenvalue weighted by molar-refractivity contribution is 0.885. The van der Waals surface area contributed by atoms with Crippen LogP contribution in [0.3, 0.4) is 0 Å². The van der Waals surface area contributed by atoms with Gasteiger partial charge < -0.3 is 5.32 Å². The molecular formula is C20H20N2. The molecule has 3 aromatic rings. The van der Waals surface area contributed by atoms with Gasteiger partial charge in [-0.1, -0.05) is 48.5 Å². The van der Waals surface area contributed by atoms with Gasteiger partial charge in [-0.2, -0.15) is 0 Å². The van der Waals surface area contributed by atoms with Crippen LogP contribution in [-0.4, -0.2) is 4.98 Å². The van der Waals surface area contributed by atoms with Crippen molar-refractivity contribution in [1.29, 1.82) is 0 Å². The lowest BCUT2D eigenvalue weighted by atomic mass is 10.0. The highest BCUT2D eigenvalue weighted by molar-refractivity contribution is 5.55. The summed E-state index contributed by atoms with van der Waals surface area (Å²) in [7, 11) is 0. The number of nitrogens with one attached hydrogen (secondary N) is 1. The highest BCUT2D eigenvalue weighted by Gasteiger charge is 2.15. The van der Waals surface area contributed by atoms with Gasteiger partial charge in [-0.05, 0) is 48.7 Å². The van der Waals surface area contributed by atoms with Crippen molar-refractivity contribution in [3.63, 3.8) is 0 Å². The minimum absolute atomic E-state index is 0.0444. The molecule has 110 valence electrons. The number of hydrogen-bond donors (Lipinski definition) is 1. The summed E-state index contributed by atoms with van der Waals surface area (Å²) in [5.41, 5.74) is 5.87. The third kappa shape index (κ3) is 3.17. The molecule has 3 rings (SSSR count). The smallest absolute Gasteiger partial charge is 0.0940 e. The van der Waals surface area contributed by atoms with E-state index in [1.165, 1.54) is 16.7 Å². The van der Waals surface area contributed by atoms with Crippen LogP contribution in [0.4, 0.5) is 5.69 Å². The summed E-state index contributed by atoms with van der Waals surface area (Å²) >= 11 is 0. The molecule has 0 aliphatic carbocycles. The maximum absolute atomic E-state index is 4.54. The van der Waals surface area contributed by atoms with Crippen molar-refractivity contribution in [2.24, 2.45) is 0 Å². The zero-order valence-electron chi connectivity index (χ0n) is 13.0. The molecule has 0 bridgehead atoms. The van der Waals surface area contributed by atoms with E-state index >= 15 is 0 Å². The molecule has 0 saturated carbocycles. The van der Waals surface area contributed by atoms with Crippen molar-refractivity contribution >= 4 is 5.69 Å². The van der Waals surface area contributed by atoms with Gasteiger partial charge in [0, 0.05) is 11.9 Å². The molecule has 22 heavy (non-hydrogen) atoms. The predicted molar refractivity (Wildman–Crippen MR) is 92.1 cm³/mol. The Balaban J connectivity index is 2.01. The zero-order chi connectivity index (χ0) is 15.4. The summed E-state index contributed by atoms with van der Waals surface area (Å²) in [5, 5.41) is 3.66. The molecule has 2 nitrogen and oxygen atoms in total. The quantitative estimate of drug-likeness (QED) is 0.738. The summed E-state index contributed by atoms with van der Waals surface area (Å²) < 4.78 is 0. The molecule has 0 radical (unpaired) electrons. The molecule has 0 saturated heterocycles. The van der Waals surface area contributed by atoms with E-state index in [0.717, 1.165) is 11.4 Å². The van der Waals surface area contributed by atoms with Crippen LogP contribution in [0.1, 0.15) is 28.4 Å². The summed E-state index contributed by atoms with van der Waals surface area (Å²) in [6, 6.07) is 23.0. The van der Waals surface area contributed by atoms with E-state index in [4.69, 9.17) is 0 Å². The highest BCUT2D eigenvalue weighted by atomic mass is 14.9. The number of pyridine rings is 1. The average Bonchev–Trinajstić information content (AvgIpc) is 2.57. The van der Waals surface area contributed by atoms with Gasteiger partial charge >= 0.3 is 0 Å². The number of aryl methyl sites for hydroxylation is 2. The first-order chi connectivity index (χ1) is 10.7. The van der Waals surface area contributed by atoms with Gasteiger partial charge in [-0.3, -0.25) is 4.98 Å². The van der Waals surface area contributed by atoms with Crippen LogP contribution in [0.15, 0.2) is 72.9 Å². The van der Waals surface area contributed by atoms with Crippen LogP contribution < -0.4 is 5.32 Å². The van der Waals surface area contributed by atoms with Crippen molar-refractivity contribution in [3.05, 3.63) is 95.3 Å². The van der Waals surface area contributed by atoms with Gasteiger partial charge in [0.1, 0.15) is 0 Å². The molecule has 0 spiro atoms. The van der Waals surface area contributed by atoms with E-state index in [1.54, 1.807) is 0 Å². The maximum atomic E-state index is 4.54. The summed E-state index contributed by atoms with van der Waals surface area (Å²) in [6.45, 7) is 4.24. The van der Waals surface area contributed by atoms with Crippen molar-refractivity contribution in [1.82, 2.24) is 4.98 Å². The minimum atomic E-state index is 0.0444. The van der Waals surface area contributed by atoms with Gasteiger partial charge in [-0.15, -0.1) is 0 Å². The number of nitrogens with zero attached hydrogens (tertiary/aromatic N) is 1. The molecule has 1 atom stereocenters. The molecule has 0 fully saturated rings. The predicted octanol–water partition coefficient (Wildman–Crippen LogP) is 4.90. The van der Waals surface area contributed by atoms with Crippen LogP contribution in [0.2, 0.25) is 0 Å². The van der Waals surface area contributed by atoms with Gasteiger partial charge in [0.25, 0.3) is 0 Å². The standard InChI is InChI=1S/C20H20N2/c1-15-11-12-16(2)19(14-15)22-20(17-8-4-3-5-9-17)18-10-6-7-13-21-18/h3-14,20,22H,1-2H3. The van der Waals surface area contributed by atoms with Crippen LogP contribution in [0.25, 0.3) is 0 Å². The second kappa shape index (κ2) is 6.44. The summed E-state index contributed by atoms with van der Waals surface area (Å²) in [4.78, 5) is 4.54. The van der Waals surface area contributed by atoms with Crippen molar-refractivity contribution in [2.75, 3.05) is 5.32 Å². The number of hydrogen-bond acceptors (Lipinski definition) is 2. The lowest BCUT2D eigenvalue weighted by Crippen LogP contribution is -2.14. The third-order valence-electron chi connectivity index (χ3n) is 3.81. The second-order valence-electron chi connectivity index (χ2n) is 5.56. The molecule has 0 amide bonds. The topological polar surface area (TPSA) is 24.9 Å². The van der Waals surface area contributed by atoms with Crippen molar-refractivity contribution < 1.29 is 0 Å². The summed E-state index contributed by atoms with van der Waals surface area (Å²) in [6.07, 6.45) is 1.84. The number of benzene rings is 2. The van der Waals surface area contributed by atoms with Crippen LogP contribution >= 0.6 is 0 Å². The van der Waals surface area contributed by atoms with E-state index in [1.807, 2.05) is 24.4 Å². The van der Waals surface area contributed by atoms with Gasteiger partial charge in [0.2, 0.25) is 0 Å². The molecule has 0 aliphatic heterocycles. The fourth-order valence-corrected chi connectivity index (χ4v) is 2.57. The molecule has 2 aromatic carbocycles. The first-order valence-electron chi connectivity index (χ1n) is 7.54. The average molecular weight is 288 g/mol. The van der Waals surface area contributed by atoms with E-state index in [9.17, 15) is 0 Å². The number of aromatic nitrogens is 1. The molecular weight excluding hydrogens is 268 g/mol. The Kier molecular flexibility index (Phi) is 4.19. The fourth-order valence-electron chi connectivity index (χ4n) is 2.57. The first-order valence-corrected chi connectivity index (χ1v) is 7.54. The highest BCUT2D eigenvalue weighted by Crippen LogP contribution is 2.27. The number of rotatable bonds is 4. The van der Waals surface area contributed by atoms with Crippen molar-refractivity contribution in [2.45, 2.75) is 19.9 Å². The van der Waals surface area contributed by atoms with Crippen LogP contribution in [-0.2, 0) is 0 Å². The van der Waals surface area contributed by atoms with Crippen LogP contribution in [0.5, 0.6) is 0 Å². The normalized spacial score (nSPS) is 11.9. The first kappa shape index (κ1) is 14.3. The van der Waals surface area contributed by atoms with Gasteiger partial charge in [0.15, 0.2) is 0 Å². The fraction of sp³-hybridized carbons (Fsp3) is 0.150. The Morgan fingerprint density at radius 2 is 1.64 bits per heavy atom. The monoisotopic (exact) mass is 288 g/mol. The molecule has 1 aromatic heterocycles. The van der Waals surface area contributed by atoms with E-state index in [0.29, 0.717) is 0 Å². The van der Waals surface area contributed by atoms with Crippen LogP contribution in [0, 0.1) is 13.8 Å². The maximum Gasteiger partial charge on any atom is 0.0940 e. The molecule has 1 heterocycles. The summed E-state index contributed by atoms with van der Waals surface area (Å²) in [5.74, 6) is 0. The Bertz CT molecular complexity index is 697. The molecule has 2 heteroatoms. The van der Waals surface area contributed by atoms with Crippen molar-refractivity contribution in [3.8, 4) is 0 Å². The molecule has 0 aliphatic rings. The number of anilines is 1. The Labute approximate surface area is 131 Å². The molecule has 1 unspecified atom stereocenters. The third-order valence-corrected chi connectivity index (χ3v) is 3.81. The van der Waals surface area contributed by atoms with Gasteiger partial charge in [0.05, 0.1) is 11.7 Å². The van der Waals surface area contributed by atoms with E-state index in [-0.39, 0.29) is 6.04 Å². The van der Waals surface area contributed by atoms with Gasteiger partial charge in [-0.25, -0.2) is 0 Å². The zero-order valence-corrected chi connectivity index (χ0v) is 13.0. The van der Waals surface area contributed by atoms with E-state index < -0.39 is 0 Å². The molecule has 1 N–H and O–H groups in total. The second-order valence-corrected chi connectivity index (χ2v) is 5.56. The Morgan fingerprint density at radius 1 is 0.864 bits per heavy atom. The Morgan fingerprint density at radius 3 is 2.36 bits per heavy atom. The minimum Gasteiger partial charge on any atom is -0.373 e.